The van der Waals surface area contributed by atoms with E-state index in [1.807, 2.05) is 32.2 Å². The van der Waals surface area contributed by atoms with Gasteiger partial charge >= 0.3 is 0 Å². The minimum absolute atomic E-state index is 0.00880. The smallest absolute Gasteiger partial charge is 0.258 e. The summed E-state index contributed by atoms with van der Waals surface area (Å²) in [6.45, 7) is 0. The summed E-state index contributed by atoms with van der Waals surface area (Å²) in [6.07, 6.45) is 1.83. The van der Waals surface area contributed by atoms with Crippen molar-refractivity contribution in [2.24, 2.45) is 7.05 Å². The highest BCUT2D eigenvalue weighted by molar-refractivity contribution is 6.39. The Labute approximate surface area is 88.7 Å². The molecule has 0 N–H and O–H groups in total. The van der Waals surface area contributed by atoms with Gasteiger partial charge in [0.05, 0.1) is 12.5 Å². The molecule has 2 aromatic rings. The molecule has 0 radical (unpaired) electrons. The van der Waals surface area contributed by atoms with E-state index in [0.29, 0.717) is 5.39 Å². The molecule has 76 valence electrons. The second kappa shape index (κ2) is 3.46. The molecule has 15 heavy (non-hydrogen) atoms. The maximum Gasteiger partial charge on any atom is 0.258 e. The second-order valence-electron chi connectivity index (χ2n) is 3.61. The van der Waals surface area contributed by atoms with Gasteiger partial charge in [-0.15, -0.1) is 0 Å². The van der Waals surface area contributed by atoms with Crippen LogP contribution in [0.5, 0.6) is 5.75 Å². The van der Waals surface area contributed by atoms with E-state index in [9.17, 15) is 4.79 Å². The lowest BCUT2D eigenvalue weighted by atomic mass is 9.92. The molecule has 0 spiro atoms. The first-order valence-corrected chi connectivity index (χ1v) is 4.78. The van der Waals surface area contributed by atoms with E-state index >= 15 is 0 Å². The van der Waals surface area contributed by atoms with Gasteiger partial charge in [-0.05, 0) is 12.1 Å². The Balaban J connectivity index is 3.02. The van der Waals surface area contributed by atoms with Crippen LogP contribution in [-0.2, 0) is 7.05 Å². The number of fused-ring (bicyclic) bond motifs is 1. The molecular weight excluding hydrogens is 189 g/mol. The number of benzene rings is 1. The van der Waals surface area contributed by atoms with E-state index in [0.717, 1.165) is 16.6 Å². The third-order valence-corrected chi connectivity index (χ3v) is 2.58. The predicted molar refractivity (Wildman–Crippen MR) is 63.9 cm³/mol. The Kier molecular flexibility index (Phi) is 2.27. The Morgan fingerprint density at radius 3 is 2.80 bits per heavy atom. The van der Waals surface area contributed by atoms with Crippen molar-refractivity contribution in [3.8, 4) is 5.75 Å². The van der Waals surface area contributed by atoms with Gasteiger partial charge in [-0.3, -0.25) is 4.79 Å². The monoisotopic (exact) mass is 201 g/mol. The van der Waals surface area contributed by atoms with Crippen molar-refractivity contribution in [2.75, 3.05) is 7.11 Å². The third-order valence-electron chi connectivity index (χ3n) is 2.58. The lowest BCUT2D eigenvalue weighted by molar-refractivity contribution is 0.420. The van der Waals surface area contributed by atoms with E-state index < -0.39 is 0 Å². The third kappa shape index (κ3) is 1.42. The molecule has 4 heteroatoms. The van der Waals surface area contributed by atoms with Crippen molar-refractivity contribution >= 4 is 24.1 Å². The van der Waals surface area contributed by atoms with Crippen molar-refractivity contribution in [1.29, 1.82) is 0 Å². The fraction of sp³-hybridized carbons (Fsp3) is 0.182. The summed E-state index contributed by atoms with van der Waals surface area (Å²) in [5, 5.41) is 1.61. The predicted octanol–water partition coefficient (Wildman–Crippen LogP) is -0.195. The molecule has 0 unspecified atom stereocenters. The van der Waals surface area contributed by atoms with Crippen LogP contribution in [0.15, 0.2) is 29.2 Å². The van der Waals surface area contributed by atoms with E-state index in [1.54, 1.807) is 18.7 Å². The number of rotatable bonds is 1. The zero-order chi connectivity index (χ0) is 11.0. The summed E-state index contributed by atoms with van der Waals surface area (Å²) >= 11 is 0. The molecule has 0 saturated heterocycles. The average molecular weight is 201 g/mol. The quantitative estimate of drug-likeness (QED) is 0.598. The summed E-state index contributed by atoms with van der Waals surface area (Å²) in [5.74, 6) is 0.753. The summed E-state index contributed by atoms with van der Waals surface area (Å²) in [7, 11) is 5.35. The SMILES string of the molecule is Bc1cn(C)c(=O)c2cccc(OC)c12. The zero-order valence-corrected chi connectivity index (χ0v) is 9.07. The summed E-state index contributed by atoms with van der Waals surface area (Å²) < 4.78 is 6.85. The van der Waals surface area contributed by atoms with Gasteiger partial charge in [0.2, 0.25) is 0 Å². The number of ether oxygens (including phenoxy) is 1. The molecule has 0 saturated carbocycles. The van der Waals surface area contributed by atoms with Crippen molar-refractivity contribution in [1.82, 2.24) is 4.57 Å². The minimum atomic E-state index is 0.00880. The zero-order valence-electron chi connectivity index (χ0n) is 9.07. The van der Waals surface area contributed by atoms with Crippen molar-refractivity contribution < 1.29 is 4.74 Å². The maximum atomic E-state index is 11.9. The highest BCUT2D eigenvalue weighted by atomic mass is 16.5. The molecule has 0 atom stereocenters. The Morgan fingerprint density at radius 1 is 1.40 bits per heavy atom. The highest BCUT2D eigenvalue weighted by Gasteiger charge is 2.07. The van der Waals surface area contributed by atoms with Crippen LogP contribution in [0.4, 0.5) is 0 Å². The van der Waals surface area contributed by atoms with Crippen molar-refractivity contribution in [3.05, 3.63) is 34.7 Å². The van der Waals surface area contributed by atoms with Gasteiger partial charge in [-0.1, -0.05) is 11.5 Å². The number of pyridine rings is 1. The average Bonchev–Trinajstić information content (AvgIpc) is 2.25. The highest BCUT2D eigenvalue weighted by Crippen LogP contribution is 2.20. The molecule has 0 aliphatic rings. The first-order valence-electron chi connectivity index (χ1n) is 4.78. The molecule has 2 rings (SSSR count). The first kappa shape index (κ1) is 9.83. The molecule has 0 aliphatic carbocycles. The van der Waals surface area contributed by atoms with Crippen molar-refractivity contribution in [3.63, 3.8) is 0 Å². The van der Waals surface area contributed by atoms with E-state index in [2.05, 4.69) is 0 Å². The van der Waals surface area contributed by atoms with Crippen LogP contribution in [0.25, 0.3) is 10.8 Å². The Bertz CT molecular complexity index is 575. The van der Waals surface area contributed by atoms with Gasteiger partial charge in [0, 0.05) is 18.6 Å². The molecule has 3 nitrogen and oxygen atoms in total. The molecule has 1 aromatic carbocycles. The van der Waals surface area contributed by atoms with Crippen molar-refractivity contribution in [2.45, 2.75) is 0 Å². The van der Waals surface area contributed by atoms with Gasteiger partial charge in [0.1, 0.15) is 13.6 Å². The number of hydrogen-bond acceptors (Lipinski definition) is 2. The largest absolute Gasteiger partial charge is 0.496 e. The van der Waals surface area contributed by atoms with Crippen LogP contribution in [-0.4, -0.2) is 19.5 Å². The van der Waals surface area contributed by atoms with Gasteiger partial charge in [0.15, 0.2) is 0 Å². The van der Waals surface area contributed by atoms with E-state index in [1.165, 1.54) is 0 Å². The molecule has 1 aromatic heterocycles. The molecule has 0 amide bonds. The molecule has 0 bridgehead atoms. The number of aromatic nitrogens is 1. The van der Waals surface area contributed by atoms with Gasteiger partial charge in [-0.25, -0.2) is 0 Å². The number of aryl methyl sites for hydroxylation is 1. The molecule has 1 heterocycles. The van der Waals surface area contributed by atoms with Gasteiger partial charge < -0.3 is 9.30 Å². The standard InChI is InChI=1S/C11H12BNO2/c1-13-6-8(12)10-7(11(13)14)4-3-5-9(10)15-2/h3-6H,12H2,1-2H3. The maximum absolute atomic E-state index is 11.9. The fourth-order valence-electron chi connectivity index (χ4n) is 1.89. The molecule has 0 aliphatic heterocycles. The first-order chi connectivity index (χ1) is 7.15. The van der Waals surface area contributed by atoms with Crippen LogP contribution in [0, 0.1) is 0 Å². The fourth-order valence-corrected chi connectivity index (χ4v) is 1.89. The van der Waals surface area contributed by atoms with Crippen LogP contribution in [0.1, 0.15) is 0 Å². The Morgan fingerprint density at radius 2 is 2.13 bits per heavy atom. The number of methoxy groups -OCH3 is 1. The second-order valence-corrected chi connectivity index (χ2v) is 3.61. The topological polar surface area (TPSA) is 31.2 Å². The van der Waals surface area contributed by atoms with Crippen LogP contribution < -0.4 is 15.8 Å². The van der Waals surface area contributed by atoms with E-state index in [-0.39, 0.29) is 5.56 Å². The minimum Gasteiger partial charge on any atom is -0.496 e. The Hall–Kier alpha value is -1.71. The number of hydrogen-bond donors (Lipinski definition) is 0. The van der Waals surface area contributed by atoms with Gasteiger partial charge in [0.25, 0.3) is 5.56 Å². The van der Waals surface area contributed by atoms with Crippen LogP contribution in [0.3, 0.4) is 0 Å². The van der Waals surface area contributed by atoms with Crippen LogP contribution in [0.2, 0.25) is 0 Å². The normalized spacial score (nSPS) is 10.5. The lowest BCUT2D eigenvalue weighted by Gasteiger charge is -2.09. The molecular formula is C11H12BNO2. The number of nitrogens with zero attached hydrogens (tertiary/aromatic N) is 1. The van der Waals surface area contributed by atoms with Gasteiger partial charge in [-0.2, -0.15) is 0 Å². The van der Waals surface area contributed by atoms with Crippen LogP contribution >= 0.6 is 0 Å². The lowest BCUT2D eigenvalue weighted by Crippen LogP contribution is -2.23. The molecule has 0 fully saturated rings. The summed E-state index contributed by atoms with van der Waals surface area (Å²) in [5.41, 5.74) is 1.05. The summed E-state index contributed by atoms with van der Waals surface area (Å²) in [6, 6.07) is 5.53. The van der Waals surface area contributed by atoms with E-state index in [4.69, 9.17) is 4.74 Å². The summed E-state index contributed by atoms with van der Waals surface area (Å²) in [4.78, 5) is 11.9.